The van der Waals surface area contributed by atoms with E-state index < -0.39 is 0 Å². The van der Waals surface area contributed by atoms with Crippen LogP contribution in [0.25, 0.3) is 0 Å². The van der Waals surface area contributed by atoms with Crippen LogP contribution in [0, 0.1) is 26.7 Å². The first-order chi connectivity index (χ1) is 8.24. The van der Waals surface area contributed by atoms with Gasteiger partial charge in [0.25, 0.3) is 0 Å². The van der Waals surface area contributed by atoms with Crippen molar-refractivity contribution in [3.63, 3.8) is 0 Å². The van der Waals surface area contributed by atoms with Crippen molar-refractivity contribution in [2.75, 3.05) is 6.61 Å². The van der Waals surface area contributed by atoms with Crippen LogP contribution in [0.2, 0.25) is 0 Å². The third kappa shape index (κ3) is 10.5. The molecule has 2 aliphatic carbocycles. The van der Waals surface area contributed by atoms with E-state index in [1.807, 2.05) is 0 Å². The minimum atomic E-state index is -0.258. The standard InChI is InChI=1S/C9H14O3.C5H10.2CH3.Ru/c1-7(11)12-6-9-4-2-3-8(9)5-10;1-2-4-5-3-1;;;/h5,8-9H,2-4,6H2,1H3;1-5H2;2*1H3;/q;;2*-1;+2. The maximum atomic E-state index is 10.5. The first-order valence-electron chi connectivity index (χ1n) is 6.82. The van der Waals surface area contributed by atoms with Gasteiger partial charge in [0, 0.05) is 18.8 Å². The Morgan fingerprint density at radius 1 is 1.05 bits per heavy atom. The maximum Gasteiger partial charge on any atom is 2.00 e. The van der Waals surface area contributed by atoms with Crippen LogP contribution in [-0.4, -0.2) is 18.9 Å². The molecule has 120 valence electrons. The van der Waals surface area contributed by atoms with E-state index in [1.54, 1.807) is 0 Å². The smallest absolute Gasteiger partial charge is 0.466 e. The second kappa shape index (κ2) is 15.2. The topological polar surface area (TPSA) is 43.4 Å². The van der Waals surface area contributed by atoms with Gasteiger partial charge in [-0.2, -0.15) is 0 Å². The van der Waals surface area contributed by atoms with E-state index in [4.69, 9.17) is 4.74 Å². The molecular weight excluding hydrogens is 341 g/mol. The van der Waals surface area contributed by atoms with Crippen molar-refractivity contribution in [2.24, 2.45) is 11.8 Å². The molecule has 0 N–H and O–H groups in total. The molecule has 0 aliphatic heterocycles. The van der Waals surface area contributed by atoms with E-state index in [9.17, 15) is 9.59 Å². The zero-order valence-corrected chi connectivity index (χ0v) is 14.9. The number of hydrogen-bond acceptors (Lipinski definition) is 3. The van der Waals surface area contributed by atoms with Crippen molar-refractivity contribution in [1.82, 2.24) is 0 Å². The van der Waals surface area contributed by atoms with Gasteiger partial charge < -0.3 is 24.4 Å². The fraction of sp³-hybridized carbons (Fsp3) is 0.750. The molecule has 0 bridgehead atoms. The van der Waals surface area contributed by atoms with E-state index in [0.29, 0.717) is 6.61 Å². The van der Waals surface area contributed by atoms with E-state index in [0.717, 1.165) is 25.5 Å². The van der Waals surface area contributed by atoms with Gasteiger partial charge in [-0.05, 0) is 12.8 Å². The average molecular weight is 371 g/mol. The second-order valence-electron chi connectivity index (χ2n) is 5.06. The number of aldehydes is 1. The van der Waals surface area contributed by atoms with Crippen molar-refractivity contribution in [3.05, 3.63) is 14.9 Å². The van der Waals surface area contributed by atoms with Crippen molar-refractivity contribution in [1.29, 1.82) is 0 Å². The van der Waals surface area contributed by atoms with Gasteiger partial charge in [-0.1, -0.05) is 38.5 Å². The summed E-state index contributed by atoms with van der Waals surface area (Å²) in [6.45, 7) is 1.81. The van der Waals surface area contributed by atoms with Gasteiger partial charge in [0.1, 0.15) is 6.29 Å². The summed E-state index contributed by atoms with van der Waals surface area (Å²) in [6, 6.07) is 0. The Kier molecular flexibility index (Phi) is 18.8. The number of carbonyl (C=O) groups excluding carboxylic acids is 2. The van der Waals surface area contributed by atoms with E-state index in [2.05, 4.69) is 0 Å². The summed E-state index contributed by atoms with van der Waals surface area (Å²) in [5.41, 5.74) is 0. The molecule has 0 spiro atoms. The van der Waals surface area contributed by atoms with Crippen molar-refractivity contribution < 1.29 is 33.8 Å². The Morgan fingerprint density at radius 2 is 1.55 bits per heavy atom. The van der Waals surface area contributed by atoms with Crippen LogP contribution in [0.4, 0.5) is 0 Å². The van der Waals surface area contributed by atoms with Crippen LogP contribution < -0.4 is 0 Å². The van der Waals surface area contributed by atoms with Crippen LogP contribution in [0.3, 0.4) is 0 Å². The van der Waals surface area contributed by atoms with Crippen molar-refractivity contribution in [3.8, 4) is 0 Å². The zero-order valence-electron chi connectivity index (χ0n) is 13.2. The molecule has 0 radical (unpaired) electrons. The van der Waals surface area contributed by atoms with Gasteiger partial charge in [0.2, 0.25) is 0 Å². The molecule has 0 aromatic carbocycles. The molecule has 0 amide bonds. The Balaban J connectivity index is -0.000000312. The Morgan fingerprint density at radius 3 is 1.95 bits per heavy atom. The molecule has 2 aliphatic rings. The molecule has 0 saturated heterocycles. The minimum Gasteiger partial charge on any atom is -0.466 e. The molecule has 3 nitrogen and oxygen atoms in total. The Bertz CT molecular complexity index is 232. The van der Waals surface area contributed by atoms with E-state index in [-0.39, 0.29) is 52.1 Å². The van der Waals surface area contributed by atoms with Crippen LogP contribution in [-0.2, 0) is 33.8 Å². The molecule has 20 heavy (non-hydrogen) atoms. The summed E-state index contributed by atoms with van der Waals surface area (Å²) in [7, 11) is 0. The summed E-state index contributed by atoms with van der Waals surface area (Å²) < 4.78 is 4.86. The minimum absolute atomic E-state index is 0. The fourth-order valence-corrected chi connectivity index (χ4v) is 2.56. The zero-order chi connectivity index (χ0) is 12.5. The molecule has 0 heterocycles. The second-order valence-corrected chi connectivity index (χ2v) is 5.06. The quantitative estimate of drug-likeness (QED) is 0.326. The van der Waals surface area contributed by atoms with Gasteiger partial charge >= 0.3 is 25.4 Å². The van der Waals surface area contributed by atoms with Crippen LogP contribution in [0.5, 0.6) is 0 Å². The summed E-state index contributed by atoms with van der Waals surface area (Å²) in [4.78, 5) is 21.0. The Hall–Kier alpha value is -0.237. The summed E-state index contributed by atoms with van der Waals surface area (Å²) in [5, 5.41) is 0. The Labute approximate surface area is 138 Å². The SMILES string of the molecule is C1CCCC1.CC(=O)OCC1CCCC1C=O.[CH3-].[CH3-].[Ru+2]. The molecule has 2 saturated carbocycles. The number of ether oxygens (including phenoxy) is 1. The van der Waals surface area contributed by atoms with Gasteiger partial charge in [0.05, 0.1) is 6.61 Å². The van der Waals surface area contributed by atoms with E-state index >= 15 is 0 Å². The number of hydrogen-bond donors (Lipinski definition) is 0. The molecule has 2 atom stereocenters. The summed E-state index contributed by atoms with van der Waals surface area (Å²) >= 11 is 0. The monoisotopic (exact) mass is 372 g/mol. The molecule has 2 fully saturated rings. The van der Waals surface area contributed by atoms with Crippen LogP contribution in [0.15, 0.2) is 0 Å². The van der Waals surface area contributed by atoms with Gasteiger partial charge in [-0.3, -0.25) is 4.79 Å². The normalized spacial score (nSPS) is 23.1. The van der Waals surface area contributed by atoms with Gasteiger partial charge in [0.15, 0.2) is 0 Å². The third-order valence-corrected chi connectivity index (χ3v) is 3.64. The molecule has 4 heteroatoms. The predicted molar refractivity (Wildman–Crippen MR) is 79.4 cm³/mol. The largest absolute Gasteiger partial charge is 2.00 e. The van der Waals surface area contributed by atoms with Crippen LogP contribution >= 0.6 is 0 Å². The fourth-order valence-electron chi connectivity index (χ4n) is 2.56. The molecule has 2 rings (SSSR count). The van der Waals surface area contributed by atoms with Crippen molar-refractivity contribution in [2.45, 2.75) is 58.3 Å². The van der Waals surface area contributed by atoms with Gasteiger partial charge in [-0.15, -0.1) is 0 Å². The first kappa shape index (κ1) is 24.8. The summed E-state index contributed by atoms with van der Waals surface area (Å²) in [6.07, 6.45) is 11.5. The van der Waals surface area contributed by atoms with Gasteiger partial charge in [-0.25, -0.2) is 0 Å². The molecule has 2 unspecified atom stereocenters. The molecule has 0 aromatic heterocycles. The molecule has 0 aromatic rings. The van der Waals surface area contributed by atoms with Crippen molar-refractivity contribution >= 4 is 12.3 Å². The maximum absolute atomic E-state index is 10.5. The number of rotatable bonds is 3. The number of esters is 1. The first-order valence-corrected chi connectivity index (χ1v) is 6.82. The third-order valence-electron chi connectivity index (χ3n) is 3.64. The predicted octanol–water partition coefficient (Wildman–Crippen LogP) is 4.01. The summed E-state index contributed by atoms with van der Waals surface area (Å²) in [5.74, 6) is 0.127. The average Bonchev–Trinajstić information content (AvgIpc) is 3.00. The van der Waals surface area contributed by atoms with Crippen LogP contribution in [0.1, 0.15) is 58.3 Å². The van der Waals surface area contributed by atoms with E-state index in [1.165, 1.54) is 39.0 Å². The number of carbonyl (C=O) groups is 2. The molecular formula is C16H30O3Ru.